The Labute approximate surface area is 191 Å². The second kappa shape index (κ2) is 6.23. The molecule has 2 aromatic rings. The number of nitrogens with zero attached hydrogens (tertiary/aromatic N) is 3. The molecule has 1 amide bonds. The number of aromatic nitrogens is 2. The molecule has 0 spiro atoms. The van der Waals surface area contributed by atoms with Crippen molar-refractivity contribution in [2.45, 2.75) is 21.1 Å². The fourth-order valence-corrected chi connectivity index (χ4v) is 5.45. The molecule has 0 bridgehead atoms. The Hall–Kier alpha value is -1.65. The van der Waals surface area contributed by atoms with Gasteiger partial charge in [0, 0.05) is 13.5 Å². The Morgan fingerprint density at radius 2 is 1.74 bits per heavy atom. The number of nitrogens with one attached hydrogen (secondary N) is 1. The molecule has 1 atom stereocenters. The van der Waals surface area contributed by atoms with Crippen molar-refractivity contribution in [3.05, 3.63) is 33.4 Å². The molecule has 3 N–H and O–H groups in total. The summed E-state index contributed by atoms with van der Waals surface area (Å²) in [6.45, 7) is 0. The Bertz CT molecular complexity index is 1170. The number of hydrogen-bond acceptors (Lipinski definition) is 4. The van der Waals surface area contributed by atoms with Crippen LogP contribution in [0.4, 0.5) is 25.2 Å². The zero-order chi connectivity index (χ0) is 23.8. The van der Waals surface area contributed by atoms with E-state index in [-0.39, 0.29) is 29.9 Å². The van der Waals surface area contributed by atoms with Crippen molar-refractivity contribution in [1.82, 2.24) is 9.78 Å². The van der Waals surface area contributed by atoms with E-state index in [0.717, 1.165) is 4.68 Å². The molecule has 3 rings (SSSR count). The van der Waals surface area contributed by atoms with Crippen LogP contribution in [0.3, 0.4) is 0 Å². The Morgan fingerprint density at radius 3 is 2.06 bits per heavy atom. The molecule has 170 valence electrons. The number of primary amides is 1. The van der Waals surface area contributed by atoms with E-state index in [2.05, 4.69) is 10.4 Å². The zero-order valence-electron chi connectivity index (χ0n) is 15.0. The second-order valence-electron chi connectivity index (χ2n) is 6.70. The van der Waals surface area contributed by atoms with Gasteiger partial charge in [-0.2, -0.15) is 10.4 Å². The van der Waals surface area contributed by atoms with Crippen molar-refractivity contribution in [3.8, 4) is 11.8 Å². The smallest absolute Gasteiger partial charge is 0.310 e. The van der Waals surface area contributed by atoms with E-state index in [4.69, 9.17) is 52.1 Å². The van der Waals surface area contributed by atoms with E-state index in [0.29, 0.717) is 0 Å². The molecule has 0 radical (unpaired) electrons. The van der Waals surface area contributed by atoms with Gasteiger partial charge in [0.15, 0.2) is 5.69 Å². The highest BCUT2D eigenvalue weighted by Gasteiger charge is 2.74. The number of nitriles is 1. The van der Waals surface area contributed by atoms with Crippen LogP contribution in [0.2, 0.25) is 10.0 Å². The van der Waals surface area contributed by atoms with Gasteiger partial charge in [-0.25, -0.2) is 4.68 Å². The number of hydrogen-bond donors (Lipinski definition) is 2. The molecular formula is C15H10Cl4F5N5OS. The summed E-state index contributed by atoms with van der Waals surface area (Å²) in [6, 6.07) is 1.69. The minimum atomic E-state index is -10.1. The molecule has 6 nitrogen and oxygen atoms in total. The maximum absolute atomic E-state index is 13.2. The van der Waals surface area contributed by atoms with Gasteiger partial charge in [0.1, 0.15) is 32.2 Å². The van der Waals surface area contributed by atoms with E-state index < -0.39 is 52.2 Å². The summed E-state index contributed by atoms with van der Waals surface area (Å²) in [5.74, 6) is -1.14. The monoisotopic (exact) mass is 543 g/mol. The predicted molar refractivity (Wildman–Crippen MR) is 109 cm³/mol. The molecule has 1 aliphatic carbocycles. The average molecular weight is 545 g/mol. The first-order valence-electron chi connectivity index (χ1n) is 7.93. The van der Waals surface area contributed by atoms with E-state index in [1.54, 1.807) is 6.07 Å². The minimum Gasteiger partial charge on any atom is -0.373 e. The van der Waals surface area contributed by atoms with Crippen LogP contribution < -0.4 is 11.1 Å². The van der Waals surface area contributed by atoms with E-state index in [1.165, 1.54) is 7.05 Å². The second-order valence-corrected chi connectivity index (χ2v) is 11.4. The van der Waals surface area contributed by atoms with Crippen LogP contribution in [-0.4, -0.2) is 27.1 Å². The number of nitrogens with two attached hydrogens (primary N) is 1. The van der Waals surface area contributed by atoms with Crippen LogP contribution in [0.25, 0.3) is 5.69 Å². The summed E-state index contributed by atoms with van der Waals surface area (Å²) < 4.78 is 65.0. The van der Waals surface area contributed by atoms with Crippen LogP contribution in [0.5, 0.6) is 0 Å². The standard InChI is InChI=1S/C15H10Cl4F5N5OS/c1-27-12-10(14(13(26)30)5-15(14,18)19)9(4-25)28-29(12)11-7(16)2-6(3-8(11)17)31(20,21,22,23)24/h2-3,27H,5H2,1H3,(H2,26,30). The Balaban J connectivity index is 2.34. The van der Waals surface area contributed by atoms with E-state index >= 15 is 0 Å². The number of halogens is 9. The largest absolute Gasteiger partial charge is 0.373 e. The summed E-state index contributed by atoms with van der Waals surface area (Å²) in [7, 11) is -8.77. The van der Waals surface area contributed by atoms with Gasteiger partial charge in [0.05, 0.1) is 15.6 Å². The number of benzene rings is 1. The number of carbonyl (C=O) groups is 1. The average Bonchev–Trinajstić information content (AvgIpc) is 3.00. The molecule has 1 fully saturated rings. The van der Waals surface area contributed by atoms with Crippen molar-refractivity contribution in [2.24, 2.45) is 5.73 Å². The van der Waals surface area contributed by atoms with Crippen LogP contribution in [0.1, 0.15) is 17.7 Å². The summed E-state index contributed by atoms with van der Waals surface area (Å²) >= 11 is 23.9. The van der Waals surface area contributed by atoms with Crippen molar-refractivity contribution in [2.75, 3.05) is 12.4 Å². The molecule has 1 aromatic heterocycles. The first-order valence-corrected chi connectivity index (χ1v) is 11.4. The molecule has 0 saturated heterocycles. The topological polar surface area (TPSA) is 96.7 Å². The minimum absolute atomic E-state index is 0.00840. The maximum atomic E-state index is 13.2. The van der Waals surface area contributed by atoms with Gasteiger partial charge in [-0.1, -0.05) is 42.6 Å². The highest BCUT2D eigenvalue weighted by Crippen LogP contribution is 3.02. The predicted octanol–water partition coefficient (Wildman–Crippen LogP) is 6.05. The number of anilines is 1. The molecule has 0 aliphatic heterocycles. The molecule has 1 aliphatic rings. The maximum Gasteiger partial charge on any atom is 0.310 e. The summed E-state index contributed by atoms with van der Waals surface area (Å²) in [6.07, 6.45) is -0.182. The fourth-order valence-electron chi connectivity index (χ4n) is 3.21. The third-order valence-electron chi connectivity index (χ3n) is 4.71. The lowest BCUT2D eigenvalue weighted by Crippen LogP contribution is -2.34. The Morgan fingerprint density at radius 1 is 1.26 bits per heavy atom. The lowest BCUT2D eigenvalue weighted by atomic mass is 9.94. The quantitative estimate of drug-likeness (QED) is 0.353. The van der Waals surface area contributed by atoms with Crippen molar-refractivity contribution in [3.63, 3.8) is 0 Å². The molecule has 1 saturated carbocycles. The molecule has 31 heavy (non-hydrogen) atoms. The van der Waals surface area contributed by atoms with Crippen LogP contribution in [-0.2, 0) is 10.2 Å². The van der Waals surface area contributed by atoms with Gasteiger partial charge in [-0.05, 0) is 12.1 Å². The van der Waals surface area contributed by atoms with Gasteiger partial charge < -0.3 is 11.1 Å². The highest BCUT2D eigenvalue weighted by atomic mass is 35.5. The van der Waals surface area contributed by atoms with Gasteiger partial charge in [-0.3, -0.25) is 4.79 Å². The summed E-state index contributed by atoms with van der Waals surface area (Å²) in [5, 5.41) is 14.3. The van der Waals surface area contributed by atoms with Gasteiger partial charge >= 0.3 is 10.2 Å². The van der Waals surface area contributed by atoms with Gasteiger partial charge in [-0.15, -0.1) is 23.2 Å². The first-order chi connectivity index (χ1) is 13.8. The molecule has 1 aromatic carbocycles. The van der Waals surface area contributed by atoms with Gasteiger partial charge in [0.2, 0.25) is 5.91 Å². The number of alkyl halides is 2. The fraction of sp³-hybridized carbons (Fsp3) is 0.267. The molecular weight excluding hydrogens is 535 g/mol. The summed E-state index contributed by atoms with van der Waals surface area (Å²) in [4.78, 5) is 9.85. The highest BCUT2D eigenvalue weighted by molar-refractivity contribution is 8.45. The lowest BCUT2D eigenvalue weighted by Gasteiger charge is -2.40. The van der Waals surface area contributed by atoms with Crippen LogP contribution >= 0.6 is 56.6 Å². The molecule has 1 heterocycles. The van der Waals surface area contributed by atoms with Crippen LogP contribution in [0.15, 0.2) is 17.0 Å². The van der Waals surface area contributed by atoms with Gasteiger partial charge in [0.25, 0.3) is 0 Å². The SMILES string of the molecule is CNc1c(C2(C(N)=O)CC2(Cl)Cl)c(C#N)nn1-c1c(Cl)cc(S(F)(F)(F)(F)F)cc1Cl. The van der Waals surface area contributed by atoms with E-state index in [1.807, 2.05) is 0 Å². The van der Waals surface area contributed by atoms with Crippen molar-refractivity contribution >= 4 is 68.4 Å². The molecule has 1 unspecified atom stereocenters. The van der Waals surface area contributed by atoms with Crippen LogP contribution in [0, 0.1) is 11.3 Å². The van der Waals surface area contributed by atoms with E-state index in [9.17, 15) is 29.5 Å². The number of carbonyl (C=O) groups excluding carboxylic acids is 1. The Kier molecular flexibility index (Phi) is 4.82. The number of rotatable bonds is 5. The third kappa shape index (κ3) is 3.66. The normalized spacial score (nSPS) is 22.2. The number of amides is 1. The zero-order valence-corrected chi connectivity index (χ0v) is 18.8. The third-order valence-corrected chi connectivity index (χ3v) is 7.33. The first kappa shape index (κ1) is 24.0. The summed E-state index contributed by atoms with van der Waals surface area (Å²) in [5.41, 5.74) is 2.70. The van der Waals surface area contributed by atoms with Crippen molar-refractivity contribution in [1.29, 1.82) is 5.26 Å². The molecule has 16 heteroatoms. The lowest BCUT2D eigenvalue weighted by molar-refractivity contribution is -0.120. The van der Waals surface area contributed by atoms with Crippen molar-refractivity contribution < 1.29 is 24.2 Å².